The molecule has 33 heavy (non-hydrogen) atoms. The first-order valence-electron chi connectivity index (χ1n) is 11.0. The van der Waals surface area contributed by atoms with Gasteiger partial charge in [0, 0.05) is 37.0 Å². The normalized spacial score (nSPS) is 15.8. The van der Waals surface area contributed by atoms with E-state index in [1.54, 1.807) is 23.2 Å². The number of carbonyl (C=O) groups is 1. The van der Waals surface area contributed by atoms with Gasteiger partial charge in [-0.1, -0.05) is 19.0 Å². The van der Waals surface area contributed by atoms with Crippen molar-refractivity contribution < 1.29 is 9.32 Å². The van der Waals surface area contributed by atoms with Crippen molar-refractivity contribution in [3.8, 4) is 11.4 Å². The van der Waals surface area contributed by atoms with E-state index in [2.05, 4.69) is 40.6 Å². The molecule has 1 unspecified atom stereocenters. The number of piperidine rings is 1. The van der Waals surface area contributed by atoms with E-state index in [9.17, 15) is 4.79 Å². The number of fused-ring (bicyclic) bond motifs is 1. The molecule has 4 aromatic heterocycles. The first kappa shape index (κ1) is 21.0. The summed E-state index contributed by atoms with van der Waals surface area (Å²) < 4.78 is 7.16. The first-order chi connectivity index (χ1) is 16.1. The second-order valence-corrected chi connectivity index (χ2v) is 8.51. The molecule has 0 saturated carbocycles. The molecule has 1 atom stereocenters. The molecule has 1 N–H and O–H groups in total. The van der Waals surface area contributed by atoms with E-state index in [0.29, 0.717) is 17.4 Å². The molecule has 5 heterocycles. The van der Waals surface area contributed by atoms with Gasteiger partial charge >= 0.3 is 0 Å². The second kappa shape index (κ2) is 8.93. The standard InChI is InChI=1S/C22H25N9O2/c1-14(2)19(22-26-20(29-33-22)16-4-3-9-23-12-16)25-21(32)15-7-10-30(11-8-15)18-6-5-17-27-24-13-31(17)28-18/h3-6,9,12-15,19H,7-8,10-11H2,1-2H3,(H,25,32). The van der Waals surface area contributed by atoms with Crippen LogP contribution in [-0.4, -0.2) is 53.9 Å². The molecule has 1 aliphatic rings. The van der Waals surface area contributed by atoms with Crippen LogP contribution in [0.4, 0.5) is 5.82 Å². The van der Waals surface area contributed by atoms with Gasteiger partial charge in [-0.2, -0.15) is 9.50 Å². The summed E-state index contributed by atoms with van der Waals surface area (Å²) in [6.45, 7) is 5.54. The van der Waals surface area contributed by atoms with Crippen LogP contribution in [0.15, 0.2) is 47.5 Å². The van der Waals surface area contributed by atoms with E-state index in [1.165, 1.54) is 0 Å². The van der Waals surface area contributed by atoms with Crippen LogP contribution in [0.2, 0.25) is 0 Å². The number of rotatable bonds is 6. The van der Waals surface area contributed by atoms with Gasteiger partial charge in [0.1, 0.15) is 18.2 Å². The smallest absolute Gasteiger partial charge is 0.249 e. The van der Waals surface area contributed by atoms with E-state index in [1.807, 2.05) is 38.1 Å². The van der Waals surface area contributed by atoms with Gasteiger partial charge in [0.05, 0.1) is 0 Å². The summed E-state index contributed by atoms with van der Waals surface area (Å²) in [5, 5.41) is 19.6. The largest absolute Gasteiger partial charge is 0.355 e. The molecule has 0 aromatic carbocycles. The van der Waals surface area contributed by atoms with Crippen molar-refractivity contribution in [2.45, 2.75) is 32.7 Å². The summed E-state index contributed by atoms with van der Waals surface area (Å²) in [5.74, 6) is 1.74. The Hall–Kier alpha value is -3.89. The minimum Gasteiger partial charge on any atom is -0.355 e. The number of amides is 1. The molecule has 5 rings (SSSR count). The Morgan fingerprint density at radius 1 is 1.21 bits per heavy atom. The summed E-state index contributed by atoms with van der Waals surface area (Å²) in [5.41, 5.74) is 1.48. The van der Waals surface area contributed by atoms with Crippen molar-refractivity contribution in [3.63, 3.8) is 0 Å². The van der Waals surface area contributed by atoms with Gasteiger partial charge in [-0.05, 0) is 43.0 Å². The maximum Gasteiger partial charge on any atom is 0.249 e. The van der Waals surface area contributed by atoms with Gasteiger partial charge in [-0.15, -0.1) is 15.3 Å². The Balaban J connectivity index is 1.22. The minimum atomic E-state index is -0.355. The van der Waals surface area contributed by atoms with Gasteiger partial charge in [0.15, 0.2) is 5.65 Å². The molecular formula is C22H25N9O2. The predicted octanol–water partition coefficient (Wildman–Crippen LogP) is 2.30. The van der Waals surface area contributed by atoms with Gasteiger partial charge in [0.2, 0.25) is 17.6 Å². The minimum absolute atomic E-state index is 0.0108. The highest BCUT2D eigenvalue weighted by Gasteiger charge is 2.31. The lowest BCUT2D eigenvalue weighted by molar-refractivity contribution is -0.126. The van der Waals surface area contributed by atoms with Crippen LogP contribution >= 0.6 is 0 Å². The van der Waals surface area contributed by atoms with Gasteiger partial charge in [-0.25, -0.2) is 0 Å². The summed E-state index contributed by atoms with van der Waals surface area (Å²) in [4.78, 5) is 23.9. The Morgan fingerprint density at radius 2 is 2.06 bits per heavy atom. The Labute approximate surface area is 190 Å². The van der Waals surface area contributed by atoms with Crippen molar-refractivity contribution in [2.24, 2.45) is 11.8 Å². The zero-order chi connectivity index (χ0) is 22.8. The number of pyridine rings is 1. The summed E-state index contributed by atoms with van der Waals surface area (Å²) >= 11 is 0. The van der Waals surface area contributed by atoms with Crippen molar-refractivity contribution >= 4 is 17.4 Å². The van der Waals surface area contributed by atoms with Crippen LogP contribution in [0.25, 0.3) is 17.0 Å². The maximum atomic E-state index is 13.1. The molecule has 1 aliphatic heterocycles. The SMILES string of the molecule is CC(C)C(NC(=O)C1CCN(c2ccc3nncn3n2)CC1)c1nc(-c2cccnc2)no1. The van der Waals surface area contributed by atoms with E-state index in [0.717, 1.165) is 37.3 Å². The van der Waals surface area contributed by atoms with E-state index in [-0.39, 0.29) is 23.8 Å². The van der Waals surface area contributed by atoms with Crippen LogP contribution in [0.1, 0.15) is 38.6 Å². The molecule has 1 amide bonds. The predicted molar refractivity (Wildman–Crippen MR) is 119 cm³/mol. The first-order valence-corrected chi connectivity index (χ1v) is 11.0. The fourth-order valence-electron chi connectivity index (χ4n) is 4.02. The van der Waals surface area contributed by atoms with Crippen molar-refractivity contribution in [1.29, 1.82) is 0 Å². The molecule has 0 aliphatic carbocycles. The molecule has 170 valence electrons. The molecule has 0 radical (unpaired) electrons. The summed E-state index contributed by atoms with van der Waals surface area (Å²) in [6, 6.07) is 7.17. The molecule has 1 fully saturated rings. The van der Waals surface area contributed by atoms with Crippen LogP contribution in [0.5, 0.6) is 0 Å². The number of aromatic nitrogens is 7. The van der Waals surface area contributed by atoms with Gasteiger partial charge < -0.3 is 14.7 Å². The second-order valence-electron chi connectivity index (χ2n) is 8.51. The third kappa shape index (κ3) is 4.38. The molecule has 0 spiro atoms. The number of nitrogens with one attached hydrogen (secondary N) is 1. The van der Waals surface area contributed by atoms with E-state index < -0.39 is 0 Å². The monoisotopic (exact) mass is 447 g/mol. The maximum absolute atomic E-state index is 13.1. The highest BCUT2D eigenvalue weighted by molar-refractivity contribution is 5.79. The van der Waals surface area contributed by atoms with Crippen molar-refractivity contribution in [2.75, 3.05) is 18.0 Å². The average Bonchev–Trinajstić information content (AvgIpc) is 3.52. The number of anilines is 1. The number of carbonyl (C=O) groups excluding carboxylic acids is 1. The average molecular weight is 448 g/mol. The van der Waals surface area contributed by atoms with Crippen molar-refractivity contribution in [3.05, 3.63) is 48.9 Å². The van der Waals surface area contributed by atoms with Crippen LogP contribution in [0.3, 0.4) is 0 Å². The highest BCUT2D eigenvalue weighted by Crippen LogP contribution is 2.26. The lowest BCUT2D eigenvalue weighted by Crippen LogP contribution is -2.42. The van der Waals surface area contributed by atoms with E-state index in [4.69, 9.17) is 4.52 Å². The lowest BCUT2D eigenvalue weighted by atomic mass is 9.94. The summed E-state index contributed by atoms with van der Waals surface area (Å²) in [6.07, 6.45) is 6.44. The van der Waals surface area contributed by atoms with Gasteiger partial charge in [-0.3, -0.25) is 9.78 Å². The topological polar surface area (TPSA) is 127 Å². The molecule has 0 bridgehead atoms. The Kier molecular flexibility index (Phi) is 5.68. The third-order valence-electron chi connectivity index (χ3n) is 5.93. The van der Waals surface area contributed by atoms with Crippen LogP contribution in [0, 0.1) is 11.8 Å². The fraction of sp³-hybridized carbons (Fsp3) is 0.409. The third-order valence-corrected chi connectivity index (χ3v) is 5.93. The molecule has 4 aromatic rings. The van der Waals surface area contributed by atoms with E-state index >= 15 is 0 Å². The lowest BCUT2D eigenvalue weighted by Gasteiger charge is -2.32. The zero-order valence-corrected chi connectivity index (χ0v) is 18.5. The highest BCUT2D eigenvalue weighted by atomic mass is 16.5. The molecule has 11 heteroatoms. The number of hydrogen-bond acceptors (Lipinski definition) is 9. The Bertz CT molecular complexity index is 1230. The zero-order valence-electron chi connectivity index (χ0n) is 18.5. The van der Waals surface area contributed by atoms with Gasteiger partial charge in [0.25, 0.3) is 0 Å². The molecule has 1 saturated heterocycles. The van der Waals surface area contributed by atoms with Crippen LogP contribution in [-0.2, 0) is 4.79 Å². The Morgan fingerprint density at radius 3 is 2.82 bits per heavy atom. The molecule has 11 nitrogen and oxygen atoms in total. The van der Waals surface area contributed by atoms with Crippen LogP contribution < -0.4 is 10.2 Å². The quantitative estimate of drug-likeness (QED) is 0.473. The number of nitrogens with zero attached hydrogens (tertiary/aromatic N) is 8. The summed E-state index contributed by atoms with van der Waals surface area (Å²) in [7, 11) is 0. The fourth-order valence-corrected chi connectivity index (χ4v) is 4.02. The number of hydrogen-bond donors (Lipinski definition) is 1. The van der Waals surface area contributed by atoms with Crippen molar-refractivity contribution in [1.82, 2.24) is 40.3 Å². The molecular weight excluding hydrogens is 422 g/mol.